The highest BCUT2D eigenvalue weighted by molar-refractivity contribution is 7.99. The van der Waals surface area contributed by atoms with E-state index in [0.29, 0.717) is 45.6 Å². The summed E-state index contributed by atoms with van der Waals surface area (Å²) in [6, 6.07) is 5.75. The maximum Gasteiger partial charge on any atom is 0.260 e. The van der Waals surface area contributed by atoms with Crippen LogP contribution in [-0.4, -0.2) is 38.0 Å². The molecule has 158 valence electrons. The first-order chi connectivity index (χ1) is 15.0. The van der Waals surface area contributed by atoms with Crippen LogP contribution in [0.1, 0.15) is 5.82 Å². The van der Waals surface area contributed by atoms with Gasteiger partial charge in [0.15, 0.2) is 11.0 Å². The van der Waals surface area contributed by atoms with Crippen LogP contribution in [0.4, 0.5) is 4.39 Å². The van der Waals surface area contributed by atoms with Crippen molar-refractivity contribution in [3.05, 3.63) is 71.8 Å². The van der Waals surface area contributed by atoms with Gasteiger partial charge in [-0.3, -0.25) is 9.36 Å². The molecule has 1 atom stereocenters. The van der Waals surface area contributed by atoms with E-state index in [-0.39, 0.29) is 18.3 Å². The van der Waals surface area contributed by atoms with E-state index in [4.69, 9.17) is 16.3 Å². The van der Waals surface area contributed by atoms with Crippen LogP contribution >= 0.6 is 23.4 Å². The molecule has 0 radical (unpaired) electrons. The van der Waals surface area contributed by atoms with Gasteiger partial charge in [-0.1, -0.05) is 35.5 Å². The van der Waals surface area contributed by atoms with E-state index in [1.54, 1.807) is 36.4 Å². The van der Waals surface area contributed by atoms with E-state index in [1.165, 1.54) is 23.9 Å². The maximum absolute atomic E-state index is 13.0. The molecule has 0 N–H and O–H groups in total. The zero-order chi connectivity index (χ0) is 21.8. The van der Waals surface area contributed by atoms with Gasteiger partial charge in [-0.15, -0.1) is 16.8 Å². The minimum absolute atomic E-state index is 0.159. The van der Waals surface area contributed by atoms with Gasteiger partial charge in [-0.25, -0.2) is 9.38 Å². The number of thioether (sulfide) groups is 1. The third kappa shape index (κ3) is 5.00. The van der Waals surface area contributed by atoms with Crippen LogP contribution in [0.5, 0.6) is 5.75 Å². The Balaban J connectivity index is 1.45. The van der Waals surface area contributed by atoms with Gasteiger partial charge in [0.2, 0.25) is 0 Å². The number of allylic oxidation sites excluding steroid dienone is 4. The average Bonchev–Trinajstić information content (AvgIpc) is 3.13. The first-order valence-electron chi connectivity index (χ1n) is 9.33. The number of halogens is 2. The number of rotatable bonds is 8. The van der Waals surface area contributed by atoms with Crippen LogP contribution in [-0.2, 0) is 17.9 Å². The number of fused-ring (bicyclic) bond motifs is 1. The van der Waals surface area contributed by atoms with Gasteiger partial charge in [0.1, 0.15) is 29.9 Å². The fourth-order valence-electron chi connectivity index (χ4n) is 2.96. The van der Waals surface area contributed by atoms with Crippen LogP contribution in [0.15, 0.2) is 75.3 Å². The van der Waals surface area contributed by atoms with Crippen molar-refractivity contribution < 1.29 is 13.9 Å². The predicted molar refractivity (Wildman–Crippen MR) is 118 cm³/mol. The van der Waals surface area contributed by atoms with Crippen molar-refractivity contribution in [2.75, 3.05) is 5.75 Å². The zero-order valence-corrected chi connectivity index (χ0v) is 17.8. The van der Waals surface area contributed by atoms with Crippen LogP contribution in [0.25, 0.3) is 0 Å². The molecule has 1 aliphatic carbocycles. The van der Waals surface area contributed by atoms with Gasteiger partial charge in [-0.05, 0) is 36.4 Å². The summed E-state index contributed by atoms with van der Waals surface area (Å²) in [6.45, 7) is 4.41. The summed E-state index contributed by atoms with van der Waals surface area (Å²) in [5.74, 6) is 0.778. The van der Waals surface area contributed by atoms with Crippen molar-refractivity contribution in [3.8, 4) is 5.75 Å². The summed E-state index contributed by atoms with van der Waals surface area (Å²) in [6.07, 6.45) is 6.77. The molecule has 0 bridgehead atoms. The molecular formula is C21H17ClFN5O2S. The molecule has 2 heterocycles. The fourth-order valence-corrected chi connectivity index (χ4v) is 3.97. The number of carbonyl (C=O) groups is 1. The molecule has 1 unspecified atom stereocenters. The Labute approximate surface area is 187 Å². The van der Waals surface area contributed by atoms with E-state index in [0.717, 1.165) is 0 Å². The Hall–Kier alpha value is -3.04. The molecule has 0 spiro atoms. The Morgan fingerprint density at radius 1 is 1.26 bits per heavy atom. The number of hydrogen-bond acceptors (Lipinski definition) is 6. The lowest BCUT2D eigenvalue weighted by molar-refractivity contribution is -0.118. The first kappa shape index (κ1) is 21.2. The van der Waals surface area contributed by atoms with Crippen LogP contribution in [0.3, 0.4) is 0 Å². The van der Waals surface area contributed by atoms with Gasteiger partial charge in [-0.2, -0.15) is 4.99 Å². The highest BCUT2D eigenvalue weighted by Gasteiger charge is 2.27. The SMILES string of the molecule is C=CCn1c(COc2ccc(F)cc2)nnc1SCC1=NC(=O)C2C=CC(Cl)=CC2=N1. The molecule has 31 heavy (non-hydrogen) atoms. The smallest absolute Gasteiger partial charge is 0.260 e. The highest BCUT2D eigenvalue weighted by Crippen LogP contribution is 2.24. The standard InChI is InChI=1S/C21H17ClFN5O2S/c1-2-9-28-19(11-30-15-6-4-14(23)5-7-15)26-27-21(28)31-12-18-24-17-10-13(22)3-8-16(17)20(29)25-18/h2-8,10,16H,1,9,11-12H2. The van der Waals surface area contributed by atoms with Crippen LogP contribution in [0.2, 0.25) is 0 Å². The van der Waals surface area contributed by atoms with Gasteiger partial charge in [0.25, 0.3) is 5.91 Å². The Bertz CT molecular complexity index is 1140. The molecule has 1 aliphatic heterocycles. The molecule has 0 saturated carbocycles. The number of benzene rings is 1. The van der Waals surface area contributed by atoms with Crippen LogP contribution in [0, 0.1) is 11.7 Å². The van der Waals surface area contributed by atoms with Crippen molar-refractivity contribution in [1.29, 1.82) is 0 Å². The van der Waals surface area contributed by atoms with Gasteiger partial charge in [0.05, 0.1) is 11.5 Å². The lowest BCUT2D eigenvalue weighted by Gasteiger charge is -2.18. The Morgan fingerprint density at radius 2 is 2.06 bits per heavy atom. The number of amides is 1. The second-order valence-electron chi connectivity index (χ2n) is 6.60. The van der Waals surface area contributed by atoms with Crippen LogP contribution < -0.4 is 4.74 Å². The third-order valence-electron chi connectivity index (χ3n) is 4.43. The molecule has 0 saturated heterocycles. The topological polar surface area (TPSA) is 81.7 Å². The Kier molecular flexibility index (Phi) is 6.43. The van der Waals surface area contributed by atoms with E-state index in [9.17, 15) is 9.18 Å². The monoisotopic (exact) mass is 457 g/mol. The fraction of sp³-hybridized carbons (Fsp3) is 0.190. The maximum atomic E-state index is 13.0. The molecule has 4 rings (SSSR count). The van der Waals surface area contributed by atoms with Crippen molar-refractivity contribution in [2.45, 2.75) is 18.3 Å². The molecule has 7 nitrogen and oxygen atoms in total. The molecule has 2 aromatic rings. The number of aliphatic imine (C=N–C) groups is 2. The quantitative estimate of drug-likeness (QED) is 0.442. The molecule has 10 heteroatoms. The van der Waals surface area contributed by atoms with Crippen molar-refractivity contribution in [3.63, 3.8) is 0 Å². The number of aromatic nitrogens is 3. The first-order valence-corrected chi connectivity index (χ1v) is 10.7. The largest absolute Gasteiger partial charge is 0.486 e. The van der Waals surface area contributed by atoms with Gasteiger partial charge in [0, 0.05) is 11.6 Å². The summed E-state index contributed by atoms with van der Waals surface area (Å²) in [5.41, 5.74) is 0.587. The summed E-state index contributed by atoms with van der Waals surface area (Å²) in [5, 5.41) is 9.54. The molecule has 1 aromatic heterocycles. The van der Waals surface area contributed by atoms with Crippen molar-refractivity contribution >= 4 is 40.8 Å². The van der Waals surface area contributed by atoms with Gasteiger partial charge >= 0.3 is 0 Å². The van der Waals surface area contributed by atoms with E-state index in [2.05, 4.69) is 26.8 Å². The van der Waals surface area contributed by atoms with Crippen molar-refractivity contribution in [1.82, 2.24) is 14.8 Å². The number of carbonyl (C=O) groups excluding carboxylic acids is 1. The lowest BCUT2D eigenvalue weighted by atomic mass is 9.96. The zero-order valence-electron chi connectivity index (χ0n) is 16.2. The molecular weight excluding hydrogens is 441 g/mol. The predicted octanol–water partition coefficient (Wildman–Crippen LogP) is 3.96. The normalized spacial score (nSPS) is 17.5. The summed E-state index contributed by atoms with van der Waals surface area (Å²) in [7, 11) is 0. The average molecular weight is 458 g/mol. The number of nitrogens with zero attached hydrogens (tertiary/aromatic N) is 5. The Morgan fingerprint density at radius 3 is 2.84 bits per heavy atom. The number of hydrogen-bond donors (Lipinski definition) is 0. The highest BCUT2D eigenvalue weighted by atomic mass is 35.5. The summed E-state index contributed by atoms with van der Waals surface area (Å²) in [4.78, 5) is 20.8. The van der Waals surface area contributed by atoms with Crippen molar-refractivity contribution in [2.24, 2.45) is 15.9 Å². The van der Waals surface area contributed by atoms with E-state index in [1.807, 2.05) is 4.57 Å². The second kappa shape index (κ2) is 9.40. The van der Waals surface area contributed by atoms with E-state index >= 15 is 0 Å². The number of ether oxygens (including phenoxy) is 1. The lowest BCUT2D eigenvalue weighted by Crippen LogP contribution is -2.28. The van der Waals surface area contributed by atoms with Gasteiger partial charge < -0.3 is 4.74 Å². The molecule has 1 amide bonds. The third-order valence-corrected chi connectivity index (χ3v) is 5.63. The minimum atomic E-state index is -0.476. The molecule has 1 aromatic carbocycles. The molecule has 2 aliphatic rings. The molecule has 0 fully saturated rings. The summed E-state index contributed by atoms with van der Waals surface area (Å²) >= 11 is 7.38. The minimum Gasteiger partial charge on any atom is -0.486 e. The summed E-state index contributed by atoms with van der Waals surface area (Å²) < 4.78 is 20.6. The number of amidine groups is 1. The second-order valence-corrected chi connectivity index (χ2v) is 7.98. The van der Waals surface area contributed by atoms with E-state index < -0.39 is 5.92 Å².